The maximum absolute atomic E-state index is 2.52. The minimum atomic E-state index is 1.22. The molecule has 11 aromatic rings. The van der Waals surface area contributed by atoms with Crippen molar-refractivity contribution in [2.45, 2.75) is 0 Å². The summed E-state index contributed by atoms with van der Waals surface area (Å²) in [6, 6.07) is 76.3. The van der Waals surface area contributed by atoms with Crippen LogP contribution in [0.25, 0.3) is 109 Å². The fourth-order valence-electron chi connectivity index (χ4n) is 8.95. The normalized spacial score (nSPS) is 11.7. The van der Waals surface area contributed by atoms with E-state index in [9.17, 15) is 0 Å². The molecule has 0 saturated heterocycles. The maximum atomic E-state index is 2.52. The molecule has 11 rings (SSSR count). The lowest BCUT2D eigenvalue weighted by molar-refractivity contribution is 1.64. The van der Waals surface area contributed by atoms with Gasteiger partial charge in [-0.3, -0.25) is 0 Å². The van der Waals surface area contributed by atoms with Gasteiger partial charge in [-0.1, -0.05) is 182 Å². The highest BCUT2D eigenvalue weighted by molar-refractivity contribution is 6.29. The van der Waals surface area contributed by atoms with Crippen molar-refractivity contribution in [1.29, 1.82) is 0 Å². The predicted molar refractivity (Wildman–Crippen MR) is 233 cm³/mol. The Morgan fingerprint density at radius 2 is 0.667 bits per heavy atom. The molecule has 0 aromatic heterocycles. The summed E-state index contributed by atoms with van der Waals surface area (Å²) in [7, 11) is 0. The largest absolute Gasteiger partial charge is 0.0622 e. The van der Waals surface area contributed by atoms with Crippen LogP contribution in [-0.2, 0) is 0 Å². The van der Waals surface area contributed by atoms with Crippen LogP contribution >= 0.6 is 0 Å². The molecule has 0 amide bonds. The van der Waals surface area contributed by atoms with Crippen LogP contribution in [0.5, 0.6) is 0 Å². The lowest BCUT2D eigenvalue weighted by atomic mass is 9.81. The van der Waals surface area contributed by atoms with Gasteiger partial charge in [0, 0.05) is 0 Å². The zero-order valence-electron chi connectivity index (χ0n) is 29.6. The van der Waals surface area contributed by atoms with Gasteiger partial charge in [-0.05, 0) is 133 Å². The molecule has 11 aromatic carbocycles. The third-order valence-corrected chi connectivity index (χ3v) is 11.4. The standard InChI is InChI=1S/C54H34/c1-3-15-35(16-4-1)39-29-30-40-32-47(38-17-5-2-6-18-38)49-33-51-52(34-50(49)48(40)31-39)54(44-28-14-22-37-20-8-10-24-42(37)44)46-26-12-11-25-45(46)53(51)43-27-13-21-36-19-7-9-23-41(36)43/h1-34H. The van der Waals surface area contributed by atoms with E-state index in [1.165, 1.54) is 109 Å². The first-order valence-corrected chi connectivity index (χ1v) is 18.8. The number of fused-ring (bicyclic) bond motifs is 7. The van der Waals surface area contributed by atoms with E-state index in [0.717, 1.165) is 0 Å². The first-order chi connectivity index (χ1) is 26.8. The maximum Gasteiger partial charge on any atom is -0.00199 e. The van der Waals surface area contributed by atoms with Gasteiger partial charge in [-0.2, -0.15) is 0 Å². The van der Waals surface area contributed by atoms with Crippen molar-refractivity contribution in [3.63, 3.8) is 0 Å². The molecule has 0 heterocycles. The smallest absolute Gasteiger partial charge is 0.00199 e. The number of benzene rings is 11. The fraction of sp³-hybridized carbons (Fsp3) is 0. The summed E-state index contributed by atoms with van der Waals surface area (Å²) in [5.74, 6) is 0. The fourth-order valence-corrected chi connectivity index (χ4v) is 8.95. The second kappa shape index (κ2) is 12.3. The molecule has 0 spiro atoms. The summed E-state index contributed by atoms with van der Waals surface area (Å²) in [6.45, 7) is 0. The van der Waals surface area contributed by atoms with E-state index in [2.05, 4.69) is 206 Å². The summed E-state index contributed by atoms with van der Waals surface area (Å²) in [6.07, 6.45) is 0. The van der Waals surface area contributed by atoms with Crippen molar-refractivity contribution < 1.29 is 0 Å². The number of rotatable bonds is 4. The third-order valence-electron chi connectivity index (χ3n) is 11.4. The minimum absolute atomic E-state index is 1.22. The van der Waals surface area contributed by atoms with E-state index < -0.39 is 0 Å². The SMILES string of the molecule is c1ccc(-c2ccc3cc(-c4ccccc4)c4cc5c(-c6cccc7ccccc67)c6ccccc6c(-c6cccc7ccccc67)c5cc4c3c2)cc1. The van der Waals surface area contributed by atoms with Gasteiger partial charge in [0.05, 0.1) is 0 Å². The quantitative estimate of drug-likeness (QED) is 0.128. The van der Waals surface area contributed by atoms with Crippen molar-refractivity contribution in [3.05, 3.63) is 206 Å². The molecular weight excluding hydrogens is 649 g/mol. The average molecular weight is 683 g/mol. The van der Waals surface area contributed by atoms with E-state index in [0.29, 0.717) is 0 Å². The van der Waals surface area contributed by atoms with Gasteiger partial charge in [0.25, 0.3) is 0 Å². The summed E-state index contributed by atoms with van der Waals surface area (Å²) in [5, 5.41) is 15.1. The van der Waals surface area contributed by atoms with Gasteiger partial charge in [0.1, 0.15) is 0 Å². The monoisotopic (exact) mass is 682 g/mol. The molecule has 0 nitrogen and oxygen atoms in total. The summed E-state index contributed by atoms with van der Waals surface area (Å²) >= 11 is 0. The van der Waals surface area contributed by atoms with Gasteiger partial charge in [0.2, 0.25) is 0 Å². The van der Waals surface area contributed by atoms with Crippen LogP contribution in [0.2, 0.25) is 0 Å². The summed E-state index contributed by atoms with van der Waals surface area (Å²) in [5.41, 5.74) is 9.98. The van der Waals surface area contributed by atoms with E-state index in [1.807, 2.05) is 0 Å². The second-order valence-corrected chi connectivity index (χ2v) is 14.4. The molecule has 54 heavy (non-hydrogen) atoms. The summed E-state index contributed by atoms with van der Waals surface area (Å²) < 4.78 is 0. The first-order valence-electron chi connectivity index (χ1n) is 18.8. The highest BCUT2D eigenvalue weighted by atomic mass is 14.2. The van der Waals surface area contributed by atoms with Crippen molar-refractivity contribution >= 4 is 64.6 Å². The molecule has 0 heteroatoms. The molecule has 0 fully saturated rings. The molecular formula is C54H34. The van der Waals surface area contributed by atoms with Crippen LogP contribution in [0.1, 0.15) is 0 Å². The van der Waals surface area contributed by atoms with Gasteiger partial charge >= 0.3 is 0 Å². The summed E-state index contributed by atoms with van der Waals surface area (Å²) in [4.78, 5) is 0. The Morgan fingerprint density at radius 1 is 0.185 bits per heavy atom. The second-order valence-electron chi connectivity index (χ2n) is 14.4. The zero-order chi connectivity index (χ0) is 35.6. The molecule has 0 bridgehead atoms. The molecule has 0 aliphatic carbocycles. The number of hydrogen-bond acceptors (Lipinski definition) is 0. The number of hydrogen-bond donors (Lipinski definition) is 0. The average Bonchev–Trinajstić information content (AvgIpc) is 3.25. The van der Waals surface area contributed by atoms with Crippen LogP contribution in [-0.4, -0.2) is 0 Å². The lowest BCUT2D eigenvalue weighted by Crippen LogP contribution is -1.94. The highest BCUT2D eigenvalue weighted by Gasteiger charge is 2.21. The molecule has 0 atom stereocenters. The molecule has 250 valence electrons. The van der Waals surface area contributed by atoms with E-state index in [4.69, 9.17) is 0 Å². The van der Waals surface area contributed by atoms with Gasteiger partial charge in [0.15, 0.2) is 0 Å². The van der Waals surface area contributed by atoms with Crippen molar-refractivity contribution in [2.24, 2.45) is 0 Å². The zero-order valence-corrected chi connectivity index (χ0v) is 29.6. The van der Waals surface area contributed by atoms with Gasteiger partial charge in [-0.25, -0.2) is 0 Å². The Bertz CT molecular complexity index is 3230. The Kier molecular flexibility index (Phi) is 6.97. The first kappa shape index (κ1) is 30.6. The third kappa shape index (κ3) is 4.78. The Hall–Kier alpha value is -7.02. The topological polar surface area (TPSA) is 0 Å². The Labute approximate surface area is 314 Å². The Morgan fingerprint density at radius 3 is 1.26 bits per heavy atom. The lowest BCUT2D eigenvalue weighted by Gasteiger charge is -2.21. The van der Waals surface area contributed by atoms with Crippen molar-refractivity contribution in [2.75, 3.05) is 0 Å². The van der Waals surface area contributed by atoms with Crippen molar-refractivity contribution in [1.82, 2.24) is 0 Å². The van der Waals surface area contributed by atoms with Gasteiger partial charge < -0.3 is 0 Å². The van der Waals surface area contributed by atoms with Gasteiger partial charge in [-0.15, -0.1) is 0 Å². The van der Waals surface area contributed by atoms with Crippen molar-refractivity contribution in [3.8, 4) is 44.5 Å². The highest BCUT2D eigenvalue weighted by Crippen LogP contribution is 2.49. The Balaban J connectivity index is 1.38. The minimum Gasteiger partial charge on any atom is -0.0622 e. The molecule has 0 aliphatic heterocycles. The van der Waals surface area contributed by atoms with Crippen LogP contribution in [0.3, 0.4) is 0 Å². The molecule has 0 N–H and O–H groups in total. The molecule has 0 radical (unpaired) electrons. The van der Waals surface area contributed by atoms with Crippen LogP contribution < -0.4 is 0 Å². The van der Waals surface area contributed by atoms with E-state index in [-0.39, 0.29) is 0 Å². The predicted octanol–water partition coefficient (Wildman–Crippen LogP) is 15.3. The van der Waals surface area contributed by atoms with Crippen LogP contribution in [0.15, 0.2) is 206 Å². The van der Waals surface area contributed by atoms with Crippen LogP contribution in [0.4, 0.5) is 0 Å². The molecule has 0 unspecified atom stereocenters. The molecule has 0 aliphatic rings. The molecule has 0 saturated carbocycles. The van der Waals surface area contributed by atoms with Crippen LogP contribution in [0, 0.1) is 0 Å². The van der Waals surface area contributed by atoms with E-state index >= 15 is 0 Å². The van der Waals surface area contributed by atoms with E-state index in [1.54, 1.807) is 0 Å².